The molecule has 2 fully saturated rings. The molecule has 1 saturated carbocycles. The molecule has 3 aromatic carbocycles. The van der Waals surface area contributed by atoms with Crippen molar-refractivity contribution in [3.8, 4) is 0 Å². The van der Waals surface area contributed by atoms with Gasteiger partial charge in [0.25, 0.3) is 0 Å². The number of allylic oxidation sites excluding steroid dienone is 3. The number of halogens is 3. The van der Waals surface area contributed by atoms with E-state index in [1.807, 2.05) is 24.3 Å². The lowest BCUT2D eigenvalue weighted by Gasteiger charge is -2.21. The van der Waals surface area contributed by atoms with Gasteiger partial charge in [0.1, 0.15) is 5.82 Å². The van der Waals surface area contributed by atoms with Crippen LogP contribution in [-0.2, 0) is 9.59 Å². The van der Waals surface area contributed by atoms with Gasteiger partial charge in [-0.05, 0) is 70.8 Å². The standard InChI is InChI=1S/C28H18Br2FNO2/c29-17-5-1-15(2-6-17)23(16-3-7-18(30)8-4-16)24-21-13-14-22(24)26-25(21)27(33)32(28(26)34)20-11-9-19(31)10-12-20/h1-14,21-22,25-26H/t21-,22-,25-,26-/m1/s1. The van der Waals surface area contributed by atoms with Crippen LogP contribution in [0.4, 0.5) is 10.1 Å². The van der Waals surface area contributed by atoms with Gasteiger partial charge >= 0.3 is 0 Å². The van der Waals surface area contributed by atoms with E-state index in [0.717, 1.165) is 31.2 Å². The third kappa shape index (κ3) is 3.27. The van der Waals surface area contributed by atoms with Crippen LogP contribution in [0.3, 0.4) is 0 Å². The number of carbonyl (C=O) groups is 2. The Kier molecular flexibility index (Phi) is 5.19. The molecule has 1 saturated heterocycles. The van der Waals surface area contributed by atoms with Crippen LogP contribution in [0.2, 0.25) is 0 Å². The molecule has 6 heteroatoms. The van der Waals surface area contributed by atoms with Crippen molar-refractivity contribution in [2.45, 2.75) is 0 Å². The Bertz CT molecular complexity index is 1300. The first-order valence-corrected chi connectivity index (χ1v) is 12.6. The van der Waals surface area contributed by atoms with Crippen molar-refractivity contribution in [2.24, 2.45) is 23.7 Å². The maximum absolute atomic E-state index is 13.5. The summed E-state index contributed by atoms with van der Waals surface area (Å²) < 4.78 is 15.4. The summed E-state index contributed by atoms with van der Waals surface area (Å²) in [6.45, 7) is 0. The summed E-state index contributed by atoms with van der Waals surface area (Å²) in [6.07, 6.45) is 4.16. The van der Waals surface area contributed by atoms with Crippen LogP contribution in [0.25, 0.3) is 5.57 Å². The second-order valence-electron chi connectivity index (χ2n) is 8.82. The van der Waals surface area contributed by atoms with E-state index in [4.69, 9.17) is 0 Å². The van der Waals surface area contributed by atoms with E-state index in [-0.39, 0.29) is 23.7 Å². The molecule has 3 aliphatic rings. The highest BCUT2D eigenvalue weighted by atomic mass is 79.9. The third-order valence-electron chi connectivity index (χ3n) is 7.06. The molecule has 3 aromatic rings. The number of imide groups is 1. The number of fused-ring (bicyclic) bond motifs is 5. The number of amides is 2. The zero-order chi connectivity index (χ0) is 23.6. The van der Waals surface area contributed by atoms with Gasteiger partial charge in [-0.3, -0.25) is 9.59 Å². The Morgan fingerprint density at radius 2 is 1.12 bits per heavy atom. The molecule has 2 amide bonds. The molecule has 0 radical (unpaired) electrons. The van der Waals surface area contributed by atoms with Gasteiger partial charge in [-0.15, -0.1) is 0 Å². The van der Waals surface area contributed by atoms with E-state index >= 15 is 0 Å². The fraction of sp³-hybridized carbons (Fsp3) is 0.143. The van der Waals surface area contributed by atoms with Crippen LogP contribution >= 0.6 is 31.9 Å². The lowest BCUT2D eigenvalue weighted by atomic mass is 9.85. The minimum Gasteiger partial charge on any atom is -0.274 e. The second-order valence-corrected chi connectivity index (χ2v) is 10.7. The fourth-order valence-corrected chi connectivity index (χ4v) is 6.20. The Balaban J connectivity index is 1.48. The molecule has 34 heavy (non-hydrogen) atoms. The summed E-state index contributed by atoms with van der Waals surface area (Å²) in [4.78, 5) is 28.3. The molecule has 2 aliphatic carbocycles. The van der Waals surface area contributed by atoms with E-state index in [1.165, 1.54) is 29.2 Å². The average Bonchev–Trinajstić information content (AvgIpc) is 3.47. The first-order valence-electron chi connectivity index (χ1n) is 11.0. The van der Waals surface area contributed by atoms with Gasteiger partial charge in [0.05, 0.1) is 17.5 Å². The minimum absolute atomic E-state index is 0.154. The zero-order valence-corrected chi connectivity index (χ0v) is 21.0. The maximum atomic E-state index is 13.5. The van der Waals surface area contributed by atoms with Crippen molar-refractivity contribution in [1.82, 2.24) is 0 Å². The highest BCUT2D eigenvalue weighted by Crippen LogP contribution is 2.58. The van der Waals surface area contributed by atoms with Crippen molar-refractivity contribution in [2.75, 3.05) is 4.90 Å². The number of carbonyl (C=O) groups excluding carboxylic acids is 2. The van der Waals surface area contributed by atoms with Crippen molar-refractivity contribution in [3.05, 3.63) is 116 Å². The van der Waals surface area contributed by atoms with E-state index in [2.05, 4.69) is 68.3 Å². The monoisotopic (exact) mass is 577 g/mol. The number of anilines is 1. The van der Waals surface area contributed by atoms with E-state index in [1.54, 1.807) is 0 Å². The smallest absolute Gasteiger partial charge is 0.238 e. The lowest BCUT2D eigenvalue weighted by molar-refractivity contribution is -0.122. The van der Waals surface area contributed by atoms with Crippen molar-refractivity contribution in [1.29, 1.82) is 0 Å². The summed E-state index contributed by atoms with van der Waals surface area (Å²) >= 11 is 7.03. The van der Waals surface area contributed by atoms with Gasteiger partial charge in [0.2, 0.25) is 11.8 Å². The van der Waals surface area contributed by atoms with Crippen molar-refractivity contribution >= 4 is 54.9 Å². The third-order valence-corrected chi connectivity index (χ3v) is 8.11. The van der Waals surface area contributed by atoms with Crippen LogP contribution < -0.4 is 4.90 Å². The first-order chi connectivity index (χ1) is 16.4. The molecular formula is C28H18Br2FNO2. The van der Waals surface area contributed by atoms with Crippen LogP contribution in [0.5, 0.6) is 0 Å². The molecule has 1 aliphatic heterocycles. The van der Waals surface area contributed by atoms with Crippen molar-refractivity contribution < 1.29 is 14.0 Å². The molecule has 1 heterocycles. The summed E-state index contributed by atoms with van der Waals surface area (Å²) in [6, 6.07) is 21.8. The summed E-state index contributed by atoms with van der Waals surface area (Å²) in [5, 5.41) is 0. The molecule has 168 valence electrons. The Hall–Kier alpha value is -2.83. The van der Waals surface area contributed by atoms with Crippen molar-refractivity contribution in [3.63, 3.8) is 0 Å². The van der Waals surface area contributed by atoms with Crippen LogP contribution in [0, 0.1) is 29.5 Å². The predicted molar refractivity (Wildman–Crippen MR) is 136 cm³/mol. The number of hydrogen-bond donors (Lipinski definition) is 0. The molecule has 3 nitrogen and oxygen atoms in total. The zero-order valence-electron chi connectivity index (χ0n) is 17.8. The summed E-state index contributed by atoms with van der Waals surface area (Å²) in [5.41, 5.74) is 4.73. The molecule has 0 N–H and O–H groups in total. The van der Waals surface area contributed by atoms with Gasteiger partial charge in [-0.1, -0.05) is 68.3 Å². The van der Waals surface area contributed by atoms with E-state index < -0.39 is 17.7 Å². The van der Waals surface area contributed by atoms with Gasteiger partial charge in [0.15, 0.2) is 0 Å². The molecule has 0 aromatic heterocycles. The highest BCUT2D eigenvalue weighted by Gasteiger charge is 2.62. The molecule has 2 bridgehead atoms. The maximum Gasteiger partial charge on any atom is 0.238 e. The van der Waals surface area contributed by atoms with Gasteiger partial charge in [-0.25, -0.2) is 9.29 Å². The topological polar surface area (TPSA) is 37.4 Å². The predicted octanol–water partition coefficient (Wildman–Crippen LogP) is 6.77. The Morgan fingerprint density at radius 1 is 0.676 bits per heavy atom. The highest BCUT2D eigenvalue weighted by molar-refractivity contribution is 9.10. The normalized spacial score (nSPS) is 24.8. The second kappa shape index (κ2) is 8.14. The molecule has 4 atom stereocenters. The average molecular weight is 579 g/mol. The summed E-state index contributed by atoms with van der Waals surface area (Å²) in [7, 11) is 0. The molecular weight excluding hydrogens is 561 g/mol. The number of rotatable bonds is 3. The quantitative estimate of drug-likeness (QED) is 0.254. The molecule has 0 spiro atoms. The Morgan fingerprint density at radius 3 is 1.56 bits per heavy atom. The number of benzene rings is 3. The van der Waals surface area contributed by atoms with Crippen LogP contribution in [0.15, 0.2) is 99.5 Å². The van der Waals surface area contributed by atoms with Crippen LogP contribution in [-0.4, -0.2) is 11.8 Å². The van der Waals surface area contributed by atoms with Gasteiger partial charge in [-0.2, -0.15) is 0 Å². The first kappa shape index (κ1) is 21.7. The summed E-state index contributed by atoms with van der Waals surface area (Å²) in [5.74, 6) is -2.00. The number of nitrogens with zero attached hydrogens (tertiary/aromatic N) is 1. The molecule has 6 rings (SSSR count). The van der Waals surface area contributed by atoms with Gasteiger partial charge < -0.3 is 0 Å². The number of hydrogen-bond acceptors (Lipinski definition) is 2. The molecule has 0 unspecified atom stereocenters. The van der Waals surface area contributed by atoms with E-state index in [9.17, 15) is 14.0 Å². The largest absolute Gasteiger partial charge is 0.274 e. The fourth-order valence-electron chi connectivity index (χ4n) is 5.67. The van der Waals surface area contributed by atoms with E-state index in [0.29, 0.717) is 5.69 Å². The van der Waals surface area contributed by atoms with Crippen LogP contribution in [0.1, 0.15) is 11.1 Å². The minimum atomic E-state index is -0.441. The SMILES string of the molecule is O=C1[C@H]2[C@H](C(=O)N1c1ccc(F)cc1)[C@@H]1C=C[C@@H]2C1=C(c1ccc(Br)cc1)c1ccc(Br)cc1. The Labute approximate surface area is 213 Å². The van der Waals surface area contributed by atoms with Gasteiger partial charge in [0, 0.05) is 20.8 Å². The lowest BCUT2D eigenvalue weighted by Crippen LogP contribution is -2.33.